The predicted molar refractivity (Wildman–Crippen MR) is 66.9 cm³/mol. The number of rotatable bonds is 8. The normalized spacial score (nSPS) is 16.3. The van der Waals surface area contributed by atoms with Gasteiger partial charge < -0.3 is 0 Å². The van der Waals surface area contributed by atoms with Crippen LogP contribution >= 0.6 is 0 Å². The van der Waals surface area contributed by atoms with Gasteiger partial charge in [0.05, 0.1) is 0 Å². The van der Waals surface area contributed by atoms with Crippen LogP contribution < -0.4 is 0 Å². The van der Waals surface area contributed by atoms with Crippen LogP contribution in [0.2, 0.25) is 9.87 Å². The van der Waals surface area contributed by atoms with Gasteiger partial charge in [0.1, 0.15) is 0 Å². The van der Waals surface area contributed by atoms with Crippen molar-refractivity contribution in [2.24, 2.45) is 23.7 Å². The molecule has 0 spiro atoms. The van der Waals surface area contributed by atoms with Crippen LogP contribution in [0.15, 0.2) is 0 Å². The van der Waals surface area contributed by atoms with Crippen molar-refractivity contribution in [2.75, 3.05) is 0 Å². The van der Waals surface area contributed by atoms with E-state index >= 15 is 0 Å². The van der Waals surface area contributed by atoms with Crippen LogP contribution in [0.3, 0.4) is 0 Å². The molecule has 0 aromatic rings. The van der Waals surface area contributed by atoms with Crippen LogP contribution in [0, 0.1) is 23.7 Å². The molecule has 0 heterocycles. The molecule has 0 saturated heterocycles. The van der Waals surface area contributed by atoms with Gasteiger partial charge in [-0.3, -0.25) is 0 Å². The summed E-state index contributed by atoms with van der Waals surface area (Å²) in [5.74, 6) is 3.74. The first-order valence-corrected chi connectivity index (χ1v) is 9.77. The molecule has 0 aliphatic carbocycles. The second-order valence-electron chi connectivity index (χ2n) is 5.91. The van der Waals surface area contributed by atoms with Crippen molar-refractivity contribution in [1.82, 2.24) is 0 Å². The Morgan fingerprint density at radius 3 is 1.27 bits per heavy atom. The first-order valence-electron chi connectivity index (χ1n) is 6.38. The SMILES string of the molecule is CC(C)CC(C)[CH2][Ir][CH2]C(C)CC(C)C. The molecule has 0 aromatic carbocycles. The number of hydrogen-bond donors (Lipinski definition) is 0. The van der Waals surface area contributed by atoms with Gasteiger partial charge in [0.2, 0.25) is 0 Å². The van der Waals surface area contributed by atoms with Crippen LogP contribution in [-0.4, -0.2) is 0 Å². The predicted octanol–water partition coefficient (Wildman–Crippen LogP) is 5.27. The third-order valence-electron chi connectivity index (χ3n) is 2.40. The van der Waals surface area contributed by atoms with E-state index in [4.69, 9.17) is 0 Å². The first-order chi connectivity index (χ1) is 6.91. The molecule has 0 saturated carbocycles. The Bertz CT molecular complexity index is 124. The average Bonchev–Trinajstić information content (AvgIpc) is 2.00. The second kappa shape index (κ2) is 8.76. The molecule has 0 nitrogen and oxygen atoms in total. The summed E-state index contributed by atoms with van der Waals surface area (Å²) in [6.07, 6.45) is 2.87. The topological polar surface area (TPSA) is 0 Å². The van der Waals surface area contributed by atoms with Crippen LogP contribution in [0.1, 0.15) is 54.4 Å². The molecule has 0 aliphatic heterocycles. The van der Waals surface area contributed by atoms with E-state index in [2.05, 4.69) is 41.5 Å². The van der Waals surface area contributed by atoms with Gasteiger partial charge in [-0.2, -0.15) is 0 Å². The summed E-state index contributed by atoms with van der Waals surface area (Å²) in [6.45, 7) is 14.3. The van der Waals surface area contributed by atoms with Crippen molar-refractivity contribution in [3.05, 3.63) is 0 Å². The van der Waals surface area contributed by atoms with Crippen molar-refractivity contribution in [2.45, 2.75) is 64.3 Å². The molecule has 0 bridgehead atoms. The molecule has 0 rings (SSSR count). The van der Waals surface area contributed by atoms with Crippen LogP contribution in [0.4, 0.5) is 0 Å². The molecule has 0 radical (unpaired) electrons. The third kappa shape index (κ3) is 10.9. The third-order valence-corrected chi connectivity index (χ3v) is 7.13. The van der Waals surface area contributed by atoms with Crippen LogP contribution in [-0.2, 0) is 17.7 Å². The van der Waals surface area contributed by atoms with Gasteiger partial charge in [-0.05, 0) is 0 Å². The zero-order valence-electron chi connectivity index (χ0n) is 11.5. The van der Waals surface area contributed by atoms with Gasteiger partial charge >= 0.3 is 106 Å². The standard InChI is InChI=1S/2C7H15.Ir/c2*1-6(2)5-7(3)4;/h2*6-7H,1,5H2,2-4H3;. The molecule has 0 N–H and O–H groups in total. The zero-order chi connectivity index (χ0) is 11.8. The fraction of sp³-hybridized carbons (Fsp3) is 1.00. The maximum absolute atomic E-state index is 2.44. The van der Waals surface area contributed by atoms with Crippen LogP contribution in [0.25, 0.3) is 0 Å². The van der Waals surface area contributed by atoms with Gasteiger partial charge in [-0.25, -0.2) is 0 Å². The Morgan fingerprint density at radius 2 is 1.00 bits per heavy atom. The van der Waals surface area contributed by atoms with E-state index in [0.29, 0.717) is 17.7 Å². The molecule has 0 fully saturated rings. The fourth-order valence-electron chi connectivity index (χ4n) is 2.10. The van der Waals surface area contributed by atoms with E-state index in [1.807, 2.05) is 0 Å². The summed E-state index contributed by atoms with van der Waals surface area (Å²) in [5.41, 5.74) is 0. The van der Waals surface area contributed by atoms with Gasteiger partial charge in [-0.15, -0.1) is 0 Å². The van der Waals surface area contributed by atoms with Gasteiger partial charge in [0.15, 0.2) is 0 Å². The Morgan fingerprint density at radius 1 is 0.667 bits per heavy atom. The van der Waals surface area contributed by atoms with E-state index in [0.717, 1.165) is 23.7 Å². The molecule has 2 atom stereocenters. The monoisotopic (exact) mass is 391 g/mol. The van der Waals surface area contributed by atoms with Crippen molar-refractivity contribution >= 4 is 0 Å². The molecule has 15 heavy (non-hydrogen) atoms. The maximum atomic E-state index is 2.44. The van der Waals surface area contributed by atoms with E-state index in [1.54, 1.807) is 9.87 Å². The quantitative estimate of drug-likeness (QED) is 0.530. The van der Waals surface area contributed by atoms with E-state index in [1.165, 1.54) is 12.8 Å². The molecule has 0 aromatic heterocycles. The molecular formula is C14H30Ir. The van der Waals surface area contributed by atoms with Crippen LogP contribution in [0.5, 0.6) is 0 Å². The molecular weight excluding hydrogens is 360 g/mol. The molecule has 0 amide bonds. The van der Waals surface area contributed by atoms with Gasteiger partial charge in [-0.1, -0.05) is 0 Å². The summed E-state index contributed by atoms with van der Waals surface area (Å²) in [4.78, 5) is 3.11. The van der Waals surface area contributed by atoms with Crippen molar-refractivity contribution in [3.8, 4) is 0 Å². The second-order valence-corrected chi connectivity index (χ2v) is 9.06. The zero-order valence-corrected chi connectivity index (χ0v) is 13.9. The summed E-state index contributed by atoms with van der Waals surface area (Å²) < 4.78 is 0. The number of hydrogen-bond acceptors (Lipinski definition) is 0. The Hall–Kier alpha value is 0.649. The fourth-order valence-corrected chi connectivity index (χ4v) is 5.66. The van der Waals surface area contributed by atoms with Gasteiger partial charge in [0, 0.05) is 0 Å². The summed E-state index contributed by atoms with van der Waals surface area (Å²) in [6, 6.07) is 0. The minimum atomic E-state index is 0.351. The molecule has 2 unspecified atom stereocenters. The summed E-state index contributed by atoms with van der Waals surface area (Å²) in [5, 5.41) is 0. The van der Waals surface area contributed by atoms with Crippen molar-refractivity contribution in [3.63, 3.8) is 0 Å². The Balaban J connectivity index is 3.44. The average molecular weight is 391 g/mol. The Kier molecular flexibility index (Phi) is 9.14. The molecule has 0 aliphatic rings. The van der Waals surface area contributed by atoms with Crippen molar-refractivity contribution < 1.29 is 17.7 Å². The van der Waals surface area contributed by atoms with Crippen molar-refractivity contribution in [1.29, 1.82) is 0 Å². The van der Waals surface area contributed by atoms with E-state index in [9.17, 15) is 0 Å². The molecule has 95 valence electrons. The first kappa shape index (κ1) is 15.6. The minimum absolute atomic E-state index is 0.351. The van der Waals surface area contributed by atoms with E-state index in [-0.39, 0.29) is 0 Å². The van der Waals surface area contributed by atoms with E-state index < -0.39 is 0 Å². The summed E-state index contributed by atoms with van der Waals surface area (Å²) in [7, 11) is 0. The van der Waals surface area contributed by atoms with Gasteiger partial charge in [0.25, 0.3) is 0 Å². The Labute approximate surface area is 106 Å². The molecule has 1 heteroatoms. The summed E-state index contributed by atoms with van der Waals surface area (Å²) >= 11 is 0.351.